The van der Waals surface area contributed by atoms with Gasteiger partial charge in [0.05, 0.1) is 12.5 Å². The summed E-state index contributed by atoms with van der Waals surface area (Å²) in [6.45, 7) is 3.70. The van der Waals surface area contributed by atoms with Gasteiger partial charge < -0.3 is 23.4 Å². The Morgan fingerprint density at radius 1 is 1.00 bits per heavy atom. The van der Waals surface area contributed by atoms with Crippen molar-refractivity contribution in [2.24, 2.45) is 0 Å². The summed E-state index contributed by atoms with van der Waals surface area (Å²) in [6, 6.07) is 17.7. The molecule has 34 heavy (non-hydrogen) atoms. The molecule has 0 saturated carbocycles. The molecule has 1 aliphatic rings. The van der Waals surface area contributed by atoms with Gasteiger partial charge in [0.25, 0.3) is 0 Å². The largest absolute Gasteiger partial charge is 0.497 e. The third-order valence-electron chi connectivity index (χ3n) is 5.62. The average Bonchev–Trinajstić information content (AvgIpc) is 2.84. The lowest BCUT2D eigenvalue weighted by Crippen LogP contribution is -2.40. The Morgan fingerprint density at radius 2 is 1.74 bits per heavy atom. The van der Waals surface area contributed by atoms with Gasteiger partial charge in [0, 0.05) is 5.56 Å². The van der Waals surface area contributed by atoms with Crippen LogP contribution in [0.2, 0.25) is 0 Å². The summed E-state index contributed by atoms with van der Waals surface area (Å²) in [5, 5.41) is 0.358. The summed E-state index contributed by atoms with van der Waals surface area (Å²) in [7, 11) is 1.56. The number of carbonyl (C=O) groups excluding carboxylic acids is 1. The van der Waals surface area contributed by atoms with Gasteiger partial charge in [-0.3, -0.25) is 4.79 Å². The van der Waals surface area contributed by atoms with Crippen molar-refractivity contribution in [1.29, 1.82) is 0 Å². The molecule has 5 rings (SSSR count). The number of ether oxygens (including phenoxy) is 4. The minimum atomic E-state index is -1.03. The molecule has 4 aromatic rings. The van der Waals surface area contributed by atoms with E-state index in [-0.39, 0.29) is 18.1 Å². The lowest BCUT2D eigenvalue weighted by Gasteiger charge is -2.25. The Hall–Kier alpha value is -4.26. The Bertz CT molecular complexity index is 1450. The lowest BCUT2D eigenvalue weighted by atomic mass is 10.0. The van der Waals surface area contributed by atoms with Gasteiger partial charge in [-0.1, -0.05) is 18.2 Å². The molecule has 0 spiro atoms. The predicted octanol–water partition coefficient (Wildman–Crippen LogP) is 4.83. The van der Waals surface area contributed by atoms with Crippen molar-refractivity contribution in [1.82, 2.24) is 0 Å². The molecule has 0 N–H and O–H groups in total. The first kappa shape index (κ1) is 21.6. The summed E-state index contributed by atoms with van der Waals surface area (Å²) < 4.78 is 28.4. The minimum absolute atomic E-state index is 0.0369. The van der Waals surface area contributed by atoms with E-state index in [0.717, 1.165) is 11.1 Å². The fraction of sp³-hybridized carbons (Fsp3) is 0.185. The maximum atomic E-state index is 13.6. The minimum Gasteiger partial charge on any atom is -0.497 e. The molecule has 0 radical (unpaired) electrons. The van der Waals surface area contributed by atoms with Gasteiger partial charge in [-0.25, -0.2) is 4.79 Å². The number of rotatable bonds is 4. The molecular formula is C27H22O7. The molecule has 1 aliphatic heterocycles. The molecule has 0 aliphatic carbocycles. The van der Waals surface area contributed by atoms with E-state index in [0.29, 0.717) is 33.8 Å². The number of benzene rings is 3. The average molecular weight is 458 g/mol. The third kappa shape index (κ3) is 3.85. The molecule has 0 fully saturated rings. The molecule has 1 aromatic heterocycles. The second kappa shape index (κ2) is 8.59. The normalized spacial score (nSPS) is 14.6. The zero-order chi connectivity index (χ0) is 23.8. The van der Waals surface area contributed by atoms with Crippen LogP contribution in [0.4, 0.5) is 0 Å². The van der Waals surface area contributed by atoms with Crippen LogP contribution >= 0.6 is 0 Å². The maximum Gasteiger partial charge on any atom is 0.356 e. The van der Waals surface area contributed by atoms with Crippen molar-refractivity contribution in [3.8, 4) is 34.3 Å². The first-order valence-corrected chi connectivity index (χ1v) is 10.8. The highest BCUT2D eigenvalue weighted by Gasteiger charge is 2.31. The van der Waals surface area contributed by atoms with E-state index >= 15 is 0 Å². The number of para-hydroxylation sites is 2. The van der Waals surface area contributed by atoms with Crippen LogP contribution in [0, 0.1) is 13.8 Å². The van der Waals surface area contributed by atoms with Crippen molar-refractivity contribution in [3.05, 3.63) is 82.0 Å². The molecule has 0 unspecified atom stereocenters. The fourth-order valence-electron chi connectivity index (χ4n) is 4.00. The summed E-state index contributed by atoms with van der Waals surface area (Å²) in [5.41, 5.74) is 2.22. The van der Waals surface area contributed by atoms with Crippen molar-refractivity contribution < 1.29 is 28.2 Å². The number of methoxy groups -OCH3 is 1. The molecule has 0 bridgehead atoms. The van der Waals surface area contributed by atoms with Crippen molar-refractivity contribution >= 4 is 16.9 Å². The second-order valence-corrected chi connectivity index (χ2v) is 8.06. The van der Waals surface area contributed by atoms with Crippen LogP contribution < -0.4 is 24.4 Å². The van der Waals surface area contributed by atoms with Gasteiger partial charge >= 0.3 is 5.97 Å². The van der Waals surface area contributed by atoms with E-state index in [1.807, 2.05) is 26.0 Å². The molecule has 2 heterocycles. The Labute approximate surface area is 195 Å². The van der Waals surface area contributed by atoms with E-state index in [1.165, 1.54) is 0 Å². The number of hydrogen-bond acceptors (Lipinski definition) is 7. The van der Waals surface area contributed by atoms with Gasteiger partial charge in [-0.15, -0.1) is 0 Å². The molecule has 7 nitrogen and oxygen atoms in total. The lowest BCUT2D eigenvalue weighted by molar-refractivity contribution is -0.144. The highest BCUT2D eigenvalue weighted by molar-refractivity contribution is 5.87. The fourth-order valence-corrected chi connectivity index (χ4v) is 4.00. The maximum absolute atomic E-state index is 13.6. The zero-order valence-electron chi connectivity index (χ0n) is 18.9. The van der Waals surface area contributed by atoms with Gasteiger partial charge in [-0.2, -0.15) is 0 Å². The second-order valence-electron chi connectivity index (χ2n) is 8.06. The van der Waals surface area contributed by atoms with Crippen molar-refractivity contribution in [2.45, 2.75) is 20.0 Å². The van der Waals surface area contributed by atoms with Gasteiger partial charge in [0.15, 0.2) is 17.3 Å². The third-order valence-corrected chi connectivity index (χ3v) is 5.62. The van der Waals surface area contributed by atoms with Crippen LogP contribution in [-0.2, 0) is 4.79 Å². The highest BCUT2D eigenvalue weighted by atomic mass is 16.6. The number of hydrogen-bond donors (Lipinski definition) is 0. The van der Waals surface area contributed by atoms with Gasteiger partial charge in [-0.05, 0) is 67.4 Å². The van der Waals surface area contributed by atoms with Gasteiger partial charge in [0.1, 0.15) is 17.9 Å². The quantitative estimate of drug-likeness (QED) is 0.405. The van der Waals surface area contributed by atoms with E-state index < -0.39 is 17.5 Å². The molecule has 0 saturated heterocycles. The molecule has 3 aromatic carbocycles. The van der Waals surface area contributed by atoms with E-state index in [4.69, 9.17) is 23.4 Å². The number of fused-ring (bicyclic) bond motifs is 2. The zero-order valence-corrected chi connectivity index (χ0v) is 18.9. The summed E-state index contributed by atoms with van der Waals surface area (Å²) >= 11 is 0. The molecule has 7 heteroatoms. The van der Waals surface area contributed by atoms with Crippen LogP contribution in [0.15, 0.2) is 69.9 Å². The van der Waals surface area contributed by atoms with Crippen LogP contribution in [-0.4, -0.2) is 25.8 Å². The van der Waals surface area contributed by atoms with Crippen LogP contribution in [0.1, 0.15) is 11.1 Å². The molecule has 172 valence electrons. The van der Waals surface area contributed by atoms with Crippen molar-refractivity contribution in [3.63, 3.8) is 0 Å². The van der Waals surface area contributed by atoms with E-state index in [1.54, 1.807) is 55.6 Å². The predicted molar refractivity (Wildman–Crippen MR) is 126 cm³/mol. The topological polar surface area (TPSA) is 84.2 Å². The highest BCUT2D eigenvalue weighted by Crippen LogP contribution is 2.35. The summed E-state index contributed by atoms with van der Waals surface area (Å²) in [5.74, 6) is 0.821. The van der Waals surface area contributed by atoms with Crippen LogP contribution in [0.3, 0.4) is 0 Å². The van der Waals surface area contributed by atoms with E-state index in [2.05, 4.69) is 0 Å². The molecule has 1 atom stereocenters. The van der Waals surface area contributed by atoms with Gasteiger partial charge in [0.2, 0.25) is 17.3 Å². The first-order valence-electron chi connectivity index (χ1n) is 10.8. The Kier molecular flexibility index (Phi) is 5.45. The molecule has 0 amide bonds. The smallest absolute Gasteiger partial charge is 0.356 e. The van der Waals surface area contributed by atoms with Crippen LogP contribution in [0.25, 0.3) is 22.3 Å². The van der Waals surface area contributed by atoms with E-state index in [9.17, 15) is 9.59 Å². The standard InChI is InChI=1S/C27H22O7/c1-15-12-16(2)23-21(13-15)33-25(17-8-10-18(30-3)11-9-17)26(24(23)28)34-27(29)22-14-31-19-6-4-5-7-20(19)32-22/h4-13,22H,14H2,1-3H3/t22-/m0/s1. The SMILES string of the molecule is COc1ccc(-c2oc3cc(C)cc(C)c3c(=O)c2OC(=O)[C@@H]2COc3ccccc3O2)cc1. The summed E-state index contributed by atoms with van der Waals surface area (Å²) in [4.78, 5) is 26.6. The number of carbonyl (C=O) groups is 1. The monoisotopic (exact) mass is 458 g/mol. The molecular weight excluding hydrogens is 436 g/mol. The number of aryl methyl sites for hydroxylation is 2. The summed E-state index contributed by atoms with van der Waals surface area (Å²) in [6.07, 6.45) is -1.03. The van der Waals surface area contributed by atoms with Crippen LogP contribution in [0.5, 0.6) is 23.0 Å². The Balaban J connectivity index is 1.59. The number of esters is 1. The van der Waals surface area contributed by atoms with Crippen molar-refractivity contribution in [2.75, 3.05) is 13.7 Å². The Morgan fingerprint density at radius 3 is 2.47 bits per heavy atom. The first-order chi connectivity index (χ1) is 16.4.